The molecular formula is C27H41N3O4. The third-order valence-electron chi connectivity index (χ3n) is 5.04. The molecule has 7 heteroatoms. The molecule has 0 bridgehead atoms. The molecule has 0 spiro atoms. The Hall–Kier alpha value is -3.01. The van der Waals surface area contributed by atoms with Crippen molar-refractivity contribution in [2.24, 2.45) is 0 Å². The van der Waals surface area contributed by atoms with Gasteiger partial charge in [0, 0.05) is 18.2 Å². The van der Waals surface area contributed by atoms with Crippen LogP contribution in [0.1, 0.15) is 91.3 Å². The SMILES string of the molecule is C#Cc1ccccc1C(C(=O)NC(C)C)N(CCCCCC)C(=O)C(C)NC(=O)OC(C)(C)C. The highest BCUT2D eigenvalue weighted by atomic mass is 16.6. The van der Waals surface area contributed by atoms with Crippen LogP contribution >= 0.6 is 0 Å². The first-order chi connectivity index (χ1) is 15.9. The molecule has 0 aromatic heterocycles. The van der Waals surface area contributed by atoms with E-state index in [0.29, 0.717) is 17.7 Å². The van der Waals surface area contributed by atoms with Crippen LogP contribution in [0.15, 0.2) is 24.3 Å². The standard InChI is InChI=1S/C27H41N3O4/c1-9-11-12-15-18-30(25(32)20(5)29-26(33)34-27(6,7)8)23(24(31)28-19(3)4)22-17-14-13-16-21(22)10-2/h2,13-14,16-17,19-20,23H,9,11-12,15,18H2,1,3-8H3,(H,28,31)(H,29,33). The predicted octanol–water partition coefficient (Wildman–Crippen LogP) is 4.56. The van der Waals surface area contributed by atoms with Crippen LogP contribution in [-0.2, 0) is 14.3 Å². The monoisotopic (exact) mass is 471 g/mol. The van der Waals surface area contributed by atoms with Gasteiger partial charge in [-0.15, -0.1) is 6.42 Å². The second-order valence-electron chi connectivity index (χ2n) is 9.76. The van der Waals surface area contributed by atoms with E-state index in [1.54, 1.807) is 52.0 Å². The number of ether oxygens (including phenoxy) is 1. The molecule has 3 amide bonds. The fraction of sp³-hybridized carbons (Fsp3) is 0.593. The van der Waals surface area contributed by atoms with E-state index in [4.69, 9.17) is 11.2 Å². The van der Waals surface area contributed by atoms with Crippen molar-refractivity contribution < 1.29 is 19.1 Å². The maximum atomic E-state index is 13.6. The van der Waals surface area contributed by atoms with Gasteiger partial charge >= 0.3 is 6.09 Å². The Labute approximate surface area is 205 Å². The van der Waals surface area contributed by atoms with E-state index in [1.807, 2.05) is 13.8 Å². The number of hydrogen-bond acceptors (Lipinski definition) is 4. The van der Waals surface area contributed by atoms with Crippen molar-refractivity contribution in [3.05, 3.63) is 35.4 Å². The highest BCUT2D eigenvalue weighted by Crippen LogP contribution is 2.26. The Kier molecular flexibility index (Phi) is 11.6. The van der Waals surface area contributed by atoms with E-state index in [0.717, 1.165) is 25.7 Å². The number of hydrogen-bond donors (Lipinski definition) is 2. The molecule has 2 atom stereocenters. The van der Waals surface area contributed by atoms with Gasteiger partial charge < -0.3 is 20.3 Å². The van der Waals surface area contributed by atoms with Crippen molar-refractivity contribution >= 4 is 17.9 Å². The first-order valence-corrected chi connectivity index (χ1v) is 12.1. The first kappa shape index (κ1) is 29.0. The third-order valence-corrected chi connectivity index (χ3v) is 5.04. The Morgan fingerprint density at radius 2 is 1.71 bits per heavy atom. The van der Waals surface area contributed by atoms with Gasteiger partial charge in [-0.2, -0.15) is 0 Å². The summed E-state index contributed by atoms with van der Waals surface area (Å²) in [6.45, 7) is 13.0. The summed E-state index contributed by atoms with van der Waals surface area (Å²) in [5.41, 5.74) is 0.431. The minimum Gasteiger partial charge on any atom is -0.444 e. The van der Waals surface area contributed by atoms with E-state index in [-0.39, 0.29) is 17.9 Å². The molecule has 0 fully saturated rings. The van der Waals surface area contributed by atoms with Crippen LogP contribution in [0, 0.1) is 12.3 Å². The number of unbranched alkanes of at least 4 members (excludes halogenated alkanes) is 3. The maximum Gasteiger partial charge on any atom is 0.408 e. The zero-order chi connectivity index (χ0) is 25.9. The molecule has 0 saturated carbocycles. The molecule has 1 rings (SSSR count). The first-order valence-electron chi connectivity index (χ1n) is 12.1. The van der Waals surface area contributed by atoms with Crippen molar-refractivity contribution in [1.82, 2.24) is 15.5 Å². The summed E-state index contributed by atoms with van der Waals surface area (Å²) in [6.07, 6.45) is 8.76. The lowest BCUT2D eigenvalue weighted by Crippen LogP contribution is -2.52. The number of carbonyl (C=O) groups excluding carboxylic acids is 3. The highest BCUT2D eigenvalue weighted by molar-refractivity contribution is 5.92. The third kappa shape index (κ3) is 9.46. The molecule has 7 nitrogen and oxygen atoms in total. The average Bonchev–Trinajstić information content (AvgIpc) is 2.73. The van der Waals surface area contributed by atoms with E-state index in [2.05, 4.69) is 23.5 Å². The van der Waals surface area contributed by atoms with Crippen molar-refractivity contribution in [3.63, 3.8) is 0 Å². The van der Waals surface area contributed by atoms with Crippen LogP contribution in [-0.4, -0.2) is 47.0 Å². The van der Waals surface area contributed by atoms with Gasteiger partial charge in [-0.3, -0.25) is 9.59 Å². The number of amides is 3. The van der Waals surface area contributed by atoms with Crippen LogP contribution in [0.3, 0.4) is 0 Å². The van der Waals surface area contributed by atoms with Crippen LogP contribution in [0.25, 0.3) is 0 Å². The minimum absolute atomic E-state index is 0.123. The zero-order valence-corrected chi connectivity index (χ0v) is 21.7. The summed E-state index contributed by atoms with van der Waals surface area (Å²) in [5.74, 6) is 1.94. The van der Waals surface area contributed by atoms with Gasteiger partial charge in [0.05, 0.1) is 0 Å². The number of terminal acetylenes is 1. The van der Waals surface area contributed by atoms with Gasteiger partial charge in [0.2, 0.25) is 11.8 Å². The molecule has 1 aromatic carbocycles. The van der Waals surface area contributed by atoms with Crippen LogP contribution < -0.4 is 10.6 Å². The smallest absolute Gasteiger partial charge is 0.408 e. The van der Waals surface area contributed by atoms with Gasteiger partial charge in [0.15, 0.2) is 0 Å². The van der Waals surface area contributed by atoms with Gasteiger partial charge in [0.25, 0.3) is 0 Å². The average molecular weight is 472 g/mol. The van der Waals surface area contributed by atoms with Crippen LogP contribution in [0.4, 0.5) is 4.79 Å². The number of carbonyl (C=O) groups is 3. The molecule has 0 aliphatic heterocycles. The second kappa shape index (κ2) is 13.6. The summed E-state index contributed by atoms with van der Waals surface area (Å²) in [6, 6.07) is 5.19. The Bertz CT molecular complexity index is 867. The minimum atomic E-state index is -0.924. The van der Waals surface area contributed by atoms with Crippen molar-refractivity contribution in [2.75, 3.05) is 6.54 Å². The largest absolute Gasteiger partial charge is 0.444 e. The summed E-state index contributed by atoms with van der Waals surface area (Å²) >= 11 is 0. The molecule has 0 heterocycles. The summed E-state index contributed by atoms with van der Waals surface area (Å²) < 4.78 is 5.31. The van der Waals surface area contributed by atoms with Crippen LogP contribution in [0.5, 0.6) is 0 Å². The Morgan fingerprint density at radius 1 is 1.06 bits per heavy atom. The lowest BCUT2D eigenvalue weighted by Gasteiger charge is -2.34. The molecule has 0 radical (unpaired) electrons. The van der Waals surface area contributed by atoms with E-state index >= 15 is 0 Å². The molecule has 0 aliphatic rings. The maximum absolute atomic E-state index is 13.6. The number of nitrogens with zero attached hydrogens (tertiary/aromatic N) is 1. The number of benzene rings is 1. The molecule has 2 unspecified atom stereocenters. The molecule has 34 heavy (non-hydrogen) atoms. The van der Waals surface area contributed by atoms with Crippen molar-refractivity contribution in [2.45, 2.75) is 97.9 Å². The Balaban J connectivity index is 3.37. The van der Waals surface area contributed by atoms with Gasteiger partial charge in [-0.1, -0.05) is 50.3 Å². The lowest BCUT2D eigenvalue weighted by molar-refractivity contribution is -0.142. The molecule has 0 saturated heterocycles. The van der Waals surface area contributed by atoms with E-state index in [9.17, 15) is 14.4 Å². The summed E-state index contributed by atoms with van der Waals surface area (Å²) in [5, 5.41) is 5.54. The van der Waals surface area contributed by atoms with Gasteiger partial charge in [-0.25, -0.2) is 4.79 Å². The lowest BCUT2D eigenvalue weighted by atomic mass is 9.97. The molecule has 0 aliphatic carbocycles. The van der Waals surface area contributed by atoms with E-state index < -0.39 is 23.8 Å². The van der Waals surface area contributed by atoms with Gasteiger partial charge in [-0.05, 0) is 59.6 Å². The van der Waals surface area contributed by atoms with Crippen LogP contribution in [0.2, 0.25) is 0 Å². The predicted molar refractivity (Wildman–Crippen MR) is 135 cm³/mol. The highest BCUT2D eigenvalue weighted by Gasteiger charge is 2.35. The quantitative estimate of drug-likeness (QED) is 0.366. The molecule has 1 aromatic rings. The van der Waals surface area contributed by atoms with Gasteiger partial charge in [0.1, 0.15) is 17.7 Å². The zero-order valence-electron chi connectivity index (χ0n) is 21.7. The fourth-order valence-corrected chi connectivity index (χ4v) is 3.55. The second-order valence-corrected chi connectivity index (χ2v) is 9.76. The van der Waals surface area contributed by atoms with E-state index in [1.165, 1.54) is 4.90 Å². The molecule has 188 valence electrons. The topological polar surface area (TPSA) is 87.7 Å². The number of rotatable bonds is 11. The fourth-order valence-electron chi connectivity index (χ4n) is 3.55. The van der Waals surface area contributed by atoms with Crippen molar-refractivity contribution in [1.29, 1.82) is 0 Å². The number of nitrogens with one attached hydrogen (secondary N) is 2. The Morgan fingerprint density at radius 3 is 2.26 bits per heavy atom. The summed E-state index contributed by atoms with van der Waals surface area (Å²) in [7, 11) is 0. The van der Waals surface area contributed by atoms with Crippen molar-refractivity contribution in [3.8, 4) is 12.3 Å². The number of alkyl carbamates (subject to hydrolysis) is 1. The molecule has 2 N–H and O–H groups in total. The normalized spacial score (nSPS) is 12.9. The molecular weight excluding hydrogens is 430 g/mol. The summed E-state index contributed by atoms with van der Waals surface area (Å²) in [4.78, 5) is 40.9.